The molecule has 0 bridgehead atoms. The van der Waals surface area contributed by atoms with Gasteiger partial charge in [-0.25, -0.2) is 0 Å². The van der Waals surface area contributed by atoms with Crippen molar-refractivity contribution in [2.75, 3.05) is 0 Å². The summed E-state index contributed by atoms with van der Waals surface area (Å²) in [5.41, 5.74) is 6.57. The van der Waals surface area contributed by atoms with Gasteiger partial charge in [0.15, 0.2) is 11.5 Å². The number of thiophene rings is 1. The molecule has 0 aliphatic heterocycles. The Morgan fingerprint density at radius 1 is 1.20 bits per heavy atom. The zero-order valence-electron chi connectivity index (χ0n) is 10.2. The summed E-state index contributed by atoms with van der Waals surface area (Å²) in [6.07, 6.45) is 0. The molecule has 1 unspecified atom stereocenters. The molecule has 6 nitrogen and oxygen atoms in total. The average molecular weight is 289 g/mol. The van der Waals surface area contributed by atoms with Crippen molar-refractivity contribution in [3.05, 3.63) is 46.5 Å². The van der Waals surface area contributed by atoms with Crippen LogP contribution in [0.15, 0.2) is 40.2 Å². The van der Waals surface area contributed by atoms with Crippen LogP contribution in [0, 0.1) is 0 Å². The van der Waals surface area contributed by atoms with Gasteiger partial charge in [-0.05, 0) is 29.6 Å². The maximum Gasteiger partial charge on any atom is 0.249 e. The third-order valence-corrected chi connectivity index (χ3v) is 3.75. The van der Waals surface area contributed by atoms with Crippen molar-refractivity contribution in [1.82, 2.24) is 10.1 Å². The van der Waals surface area contributed by atoms with Crippen LogP contribution >= 0.6 is 11.3 Å². The van der Waals surface area contributed by atoms with Gasteiger partial charge in [-0.1, -0.05) is 11.2 Å². The first-order valence-corrected chi connectivity index (χ1v) is 6.68. The Morgan fingerprint density at radius 2 is 2.05 bits per heavy atom. The number of nitrogens with two attached hydrogens (primary N) is 1. The van der Waals surface area contributed by atoms with Crippen molar-refractivity contribution in [3.63, 3.8) is 0 Å². The molecule has 0 spiro atoms. The fourth-order valence-electron chi connectivity index (χ4n) is 1.73. The number of hydrogen-bond donors (Lipinski definition) is 3. The van der Waals surface area contributed by atoms with Gasteiger partial charge in [-0.2, -0.15) is 4.98 Å². The van der Waals surface area contributed by atoms with E-state index in [2.05, 4.69) is 10.1 Å². The molecule has 7 heteroatoms. The molecule has 2 aromatic heterocycles. The Morgan fingerprint density at radius 3 is 2.75 bits per heavy atom. The molecule has 0 aliphatic rings. The van der Waals surface area contributed by atoms with Crippen LogP contribution in [0.3, 0.4) is 0 Å². The highest BCUT2D eigenvalue weighted by Crippen LogP contribution is 2.30. The number of hydrogen-bond acceptors (Lipinski definition) is 7. The van der Waals surface area contributed by atoms with Crippen LogP contribution in [-0.4, -0.2) is 20.4 Å². The van der Waals surface area contributed by atoms with Crippen LogP contribution in [-0.2, 0) is 0 Å². The molecule has 0 saturated heterocycles. The van der Waals surface area contributed by atoms with Crippen molar-refractivity contribution in [3.8, 4) is 22.9 Å². The summed E-state index contributed by atoms with van der Waals surface area (Å²) in [7, 11) is 0. The number of aromatic nitrogens is 2. The van der Waals surface area contributed by atoms with E-state index in [1.165, 1.54) is 23.5 Å². The summed E-state index contributed by atoms with van der Waals surface area (Å²) < 4.78 is 5.15. The smallest absolute Gasteiger partial charge is 0.249 e. The van der Waals surface area contributed by atoms with Crippen LogP contribution < -0.4 is 5.73 Å². The quantitative estimate of drug-likeness (QED) is 0.639. The molecule has 0 aliphatic carbocycles. The Kier molecular flexibility index (Phi) is 3.13. The first-order chi connectivity index (χ1) is 9.65. The molecule has 1 atom stereocenters. The second-order valence-electron chi connectivity index (χ2n) is 4.15. The van der Waals surface area contributed by atoms with E-state index in [0.717, 1.165) is 4.88 Å². The number of phenolic OH excluding ortho intramolecular Hbond substituents is 2. The van der Waals surface area contributed by atoms with Gasteiger partial charge in [0.05, 0.1) is 0 Å². The molecule has 2 heterocycles. The molecule has 102 valence electrons. The molecule has 0 amide bonds. The number of phenols is 2. The van der Waals surface area contributed by atoms with Crippen molar-refractivity contribution >= 4 is 11.3 Å². The third-order valence-electron chi connectivity index (χ3n) is 2.79. The average Bonchev–Trinajstić information content (AvgIpc) is 3.11. The highest BCUT2D eigenvalue weighted by Gasteiger charge is 2.18. The monoisotopic (exact) mass is 289 g/mol. The van der Waals surface area contributed by atoms with Gasteiger partial charge in [-0.3, -0.25) is 0 Å². The minimum Gasteiger partial charge on any atom is -0.504 e. The maximum absolute atomic E-state index is 9.47. The summed E-state index contributed by atoms with van der Waals surface area (Å²) >= 11 is 1.51. The van der Waals surface area contributed by atoms with Gasteiger partial charge in [-0.15, -0.1) is 11.3 Å². The summed E-state index contributed by atoms with van der Waals surface area (Å²) in [5.74, 6) is 0.168. The Bertz CT molecular complexity index is 724. The van der Waals surface area contributed by atoms with E-state index in [4.69, 9.17) is 10.3 Å². The van der Waals surface area contributed by atoms with Gasteiger partial charge in [0.25, 0.3) is 0 Å². The van der Waals surface area contributed by atoms with Crippen molar-refractivity contribution < 1.29 is 14.7 Å². The standard InChI is InChI=1S/C13H11N3O3S/c14-11(10-2-1-5-20-10)13-15-12(16-19-13)7-3-4-8(17)9(18)6-7/h1-6,11,17-18H,14H2. The lowest BCUT2D eigenvalue weighted by atomic mass is 10.2. The van der Waals surface area contributed by atoms with Gasteiger partial charge in [0.2, 0.25) is 11.7 Å². The van der Waals surface area contributed by atoms with Gasteiger partial charge >= 0.3 is 0 Å². The second kappa shape index (κ2) is 4.95. The molecule has 1 aromatic carbocycles. The molecule has 0 saturated carbocycles. The number of rotatable bonds is 3. The normalized spacial score (nSPS) is 12.4. The second-order valence-corrected chi connectivity index (χ2v) is 5.13. The molecular formula is C13H11N3O3S. The summed E-state index contributed by atoms with van der Waals surface area (Å²) in [4.78, 5) is 5.14. The zero-order chi connectivity index (χ0) is 14.1. The lowest BCUT2D eigenvalue weighted by Gasteiger charge is -2.02. The van der Waals surface area contributed by atoms with E-state index < -0.39 is 6.04 Å². The minimum absolute atomic E-state index is 0.201. The SMILES string of the molecule is NC(c1nc(-c2ccc(O)c(O)c2)no1)c1cccs1. The highest BCUT2D eigenvalue weighted by atomic mass is 32.1. The van der Waals surface area contributed by atoms with Crippen molar-refractivity contribution in [2.24, 2.45) is 5.73 Å². The van der Waals surface area contributed by atoms with E-state index in [1.807, 2.05) is 17.5 Å². The minimum atomic E-state index is -0.470. The fourth-order valence-corrected chi connectivity index (χ4v) is 2.45. The summed E-state index contributed by atoms with van der Waals surface area (Å²) in [6, 6.07) is 7.63. The van der Waals surface area contributed by atoms with Crippen LogP contribution in [0.1, 0.15) is 16.8 Å². The molecule has 0 radical (unpaired) electrons. The predicted octanol–water partition coefficient (Wildman–Crippen LogP) is 2.26. The van der Waals surface area contributed by atoms with Gasteiger partial charge in [0.1, 0.15) is 6.04 Å². The molecule has 0 fully saturated rings. The van der Waals surface area contributed by atoms with E-state index in [0.29, 0.717) is 17.3 Å². The lowest BCUT2D eigenvalue weighted by Crippen LogP contribution is -2.10. The van der Waals surface area contributed by atoms with E-state index in [-0.39, 0.29) is 11.5 Å². The zero-order valence-corrected chi connectivity index (χ0v) is 11.0. The van der Waals surface area contributed by atoms with Crippen LogP contribution in [0.5, 0.6) is 11.5 Å². The topological polar surface area (TPSA) is 105 Å². The lowest BCUT2D eigenvalue weighted by molar-refractivity contribution is 0.368. The summed E-state index contributed by atoms with van der Waals surface area (Å²) in [5, 5.41) is 24.5. The van der Waals surface area contributed by atoms with Crippen molar-refractivity contribution in [1.29, 1.82) is 0 Å². The van der Waals surface area contributed by atoms with Gasteiger partial charge in [0, 0.05) is 10.4 Å². The summed E-state index contributed by atoms with van der Waals surface area (Å²) in [6.45, 7) is 0. The first-order valence-electron chi connectivity index (χ1n) is 5.80. The maximum atomic E-state index is 9.47. The molecule has 20 heavy (non-hydrogen) atoms. The van der Waals surface area contributed by atoms with E-state index >= 15 is 0 Å². The molecular weight excluding hydrogens is 278 g/mol. The largest absolute Gasteiger partial charge is 0.504 e. The Labute approximate surface area is 118 Å². The number of nitrogens with zero attached hydrogens (tertiary/aromatic N) is 2. The first kappa shape index (κ1) is 12.6. The Balaban J connectivity index is 1.92. The van der Waals surface area contributed by atoms with Crippen LogP contribution in [0.2, 0.25) is 0 Å². The molecule has 3 aromatic rings. The predicted molar refractivity (Wildman–Crippen MR) is 73.4 cm³/mol. The highest BCUT2D eigenvalue weighted by molar-refractivity contribution is 7.10. The third kappa shape index (κ3) is 2.24. The van der Waals surface area contributed by atoms with Crippen LogP contribution in [0.25, 0.3) is 11.4 Å². The molecule has 3 rings (SSSR count). The number of benzene rings is 1. The molecule has 4 N–H and O–H groups in total. The van der Waals surface area contributed by atoms with Crippen molar-refractivity contribution in [2.45, 2.75) is 6.04 Å². The van der Waals surface area contributed by atoms with E-state index in [1.54, 1.807) is 6.07 Å². The van der Waals surface area contributed by atoms with Gasteiger partial charge < -0.3 is 20.5 Å². The number of aromatic hydroxyl groups is 2. The van der Waals surface area contributed by atoms with Crippen LogP contribution in [0.4, 0.5) is 0 Å². The van der Waals surface area contributed by atoms with E-state index in [9.17, 15) is 10.2 Å². The Hall–Kier alpha value is -2.38. The fraction of sp³-hybridized carbons (Fsp3) is 0.0769.